The molecule has 1 amide bonds. The summed E-state index contributed by atoms with van der Waals surface area (Å²) in [5.74, 6) is 0.484. The molecule has 0 aromatic rings. The van der Waals surface area contributed by atoms with Gasteiger partial charge in [0.05, 0.1) is 6.04 Å². The van der Waals surface area contributed by atoms with Crippen LogP contribution >= 0.6 is 0 Å². The maximum atomic E-state index is 10.9. The van der Waals surface area contributed by atoms with Gasteiger partial charge in [-0.25, -0.2) is 0 Å². The van der Waals surface area contributed by atoms with Crippen LogP contribution in [0.1, 0.15) is 27.2 Å². The van der Waals surface area contributed by atoms with Crippen LogP contribution in [0.5, 0.6) is 0 Å². The second-order valence-corrected chi connectivity index (χ2v) is 3.97. The standard InChI is InChI=1S/C9H18N2O/c1-6-4-7(2)11(5-6)8(3)9(10)12/h6-8H,4-5H2,1-3H3,(H2,10,12). The highest BCUT2D eigenvalue weighted by atomic mass is 16.1. The maximum Gasteiger partial charge on any atom is 0.234 e. The monoisotopic (exact) mass is 170 g/mol. The van der Waals surface area contributed by atoms with Gasteiger partial charge < -0.3 is 5.73 Å². The van der Waals surface area contributed by atoms with Gasteiger partial charge in [-0.05, 0) is 26.2 Å². The zero-order valence-corrected chi connectivity index (χ0v) is 8.08. The molecule has 0 aromatic carbocycles. The molecule has 1 saturated heterocycles. The van der Waals surface area contributed by atoms with Crippen molar-refractivity contribution in [2.45, 2.75) is 39.3 Å². The summed E-state index contributed by atoms with van der Waals surface area (Å²) in [5, 5.41) is 0. The Morgan fingerprint density at radius 1 is 1.58 bits per heavy atom. The van der Waals surface area contributed by atoms with E-state index in [0.29, 0.717) is 12.0 Å². The Hall–Kier alpha value is -0.570. The fraction of sp³-hybridized carbons (Fsp3) is 0.889. The molecule has 0 radical (unpaired) electrons. The van der Waals surface area contributed by atoms with Gasteiger partial charge in [0.25, 0.3) is 0 Å². The summed E-state index contributed by atoms with van der Waals surface area (Å²) in [7, 11) is 0. The number of amides is 1. The van der Waals surface area contributed by atoms with Crippen molar-refractivity contribution in [2.75, 3.05) is 6.54 Å². The van der Waals surface area contributed by atoms with E-state index in [0.717, 1.165) is 6.54 Å². The minimum atomic E-state index is -0.212. The number of carbonyl (C=O) groups excluding carboxylic acids is 1. The van der Waals surface area contributed by atoms with Crippen LogP contribution in [-0.4, -0.2) is 29.4 Å². The van der Waals surface area contributed by atoms with Crippen molar-refractivity contribution in [1.29, 1.82) is 0 Å². The average Bonchev–Trinajstić information content (AvgIpc) is 2.28. The van der Waals surface area contributed by atoms with Gasteiger partial charge in [0.1, 0.15) is 0 Å². The Kier molecular flexibility index (Phi) is 2.73. The third-order valence-corrected chi connectivity index (χ3v) is 2.74. The van der Waals surface area contributed by atoms with Crippen LogP contribution in [0.3, 0.4) is 0 Å². The second kappa shape index (κ2) is 3.44. The smallest absolute Gasteiger partial charge is 0.234 e. The lowest BCUT2D eigenvalue weighted by atomic mass is 10.1. The Balaban J connectivity index is 2.57. The second-order valence-electron chi connectivity index (χ2n) is 3.97. The van der Waals surface area contributed by atoms with Crippen molar-refractivity contribution in [3.63, 3.8) is 0 Å². The van der Waals surface area contributed by atoms with Crippen molar-refractivity contribution in [3.05, 3.63) is 0 Å². The molecule has 1 heterocycles. The fourth-order valence-corrected chi connectivity index (χ4v) is 2.04. The molecule has 0 saturated carbocycles. The molecule has 12 heavy (non-hydrogen) atoms. The molecule has 2 N–H and O–H groups in total. The van der Waals surface area contributed by atoms with Crippen LogP contribution in [0.4, 0.5) is 0 Å². The molecule has 0 aliphatic carbocycles. The number of nitrogens with two attached hydrogens (primary N) is 1. The number of primary amides is 1. The number of carbonyl (C=O) groups is 1. The summed E-state index contributed by atoms with van der Waals surface area (Å²) in [6, 6.07) is 0.396. The minimum absolute atomic E-state index is 0.107. The maximum absolute atomic E-state index is 10.9. The lowest BCUT2D eigenvalue weighted by Gasteiger charge is -2.25. The van der Waals surface area contributed by atoms with Gasteiger partial charge in [-0.15, -0.1) is 0 Å². The van der Waals surface area contributed by atoms with Crippen molar-refractivity contribution >= 4 is 5.91 Å². The normalized spacial score (nSPS) is 33.6. The van der Waals surface area contributed by atoms with Crippen LogP contribution in [0, 0.1) is 5.92 Å². The first-order valence-electron chi connectivity index (χ1n) is 4.57. The molecule has 3 unspecified atom stereocenters. The van der Waals surface area contributed by atoms with E-state index in [4.69, 9.17) is 5.73 Å². The molecule has 3 heteroatoms. The van der Waals surface area contributed by atoms with E-state index in [9.17, 15) is 4.79 Å². The lowest BCUT2D eigenvalue weighted by Crippen LogP contribution is -2.44. The van der Waals surface area contributed by atoms with Gasteiger partial charge in [0.2, 0.25) is 5.91 Å². The summed E-state index contributed by atoms with van der Waals surface area (Å²) >= 11 is 0. The van der Waals surface area contributed by atoms with Gasteiger partial charge in [0, 0.05) is 12.6 Å². The third-order valence-electron chi connectivity index (χ3n) is 2.74. The number of hydrogen-bond donors (Lipinski definition) is 1. The molecule has 1 aliphatic rings. The van der Waals surface area contributed by atoms with Crippen molar-refractivity contribution in [2.24, 2.45) is 11.7 Å². The third kappa shape index (κ3) is 1.78. The van der Waals surface area contributed by atoms with Gasteiger partial charge >= 0.3 is 0 Å². The minimum Gasteiger partial charge on any atom is -0.368 e. The van der Waals surface area contributed by atoms with Crippen molar-refractivity contribution in [1.82, 2.24) is 4.90 Å². The quantitative estimate of drug-likeness (QED) is 0.659. The Labute approximate surface area is 73.9 Å². The van der Waals surface area contributed by atoms with Crippen LogP contribution < -0.4 is 5.73 Å². The van der Waals surface area contributed by atoms with E-state index >= 15 is 0 Å². The number of likely N-dealkylation sites (tertiary alicyclic amines) is 1. The highest BCUT2D eigenvalue weighted by molar-refractivity contribution is 5.79. The molecular weight excluding hydrogens is 152 g/mol. The Morgan fingerprint density at radius 2 is 2.17 bits per heavy atom. The molecule has 0 spiro atoms. The van der Waals surface area contributed by atoms with Crippen molar-refractivity contribution in [3.8, 4) is 0 Å². The average molecular weight is 170 g/mol. The molecule has 1 aliphatic heterocycles. The lowest BCUT2D eigenvalue weighted by molar-refractivity contribution is -0.122. The van der Waals surface area contributed by atoms with Gasteiger partial charge in [-0.3, -0.25) is 9.69 Å². The summed E-state index contributed by atoms with van der Waals surface area (Å²) in [5.41, 5.74) is 5.24. The van der Waals surface area contributed by atoms with Crippen molar-refractivity contribution < 1.29 is 4.79 Å². The molecule has 1 fully saturated rings. The summed E-state index contributed by atoms with van der Waals surface area (Å²) < 4.78 is 0. The zero-order chi connectivity index (χ0) is 9.30. The van der Waals surface area contributed by atoms with Gasteiger partial charge in [-0.2, -0.15) is 0 Å². The Bertz CT molecular complexity index is 181. The van der Waals surface area contributed by atoms with E-state index in [2.05, 4.69) is 18.7 Å². The molecule has 3 nitrogen and oxygen atoms in total. The van der Waals surface area contributed by atoms with Gasteiger partial charge in [-0.1, -0.05) is 6.92 Å². The molecule has 1 rings (SSSR count). The number of nitrogens with zero attached hydrogens (tertiary/aromatic N) is 1. The highest BCUT2D eigenvalue weighted by Crippen LogP contribution is 2.24. The van der Waals surface area contributed by atoms with E-state index in [1.807, 2.05) is 6.92 Å². The van der Waals surface area contributed by atoms with E-state index in [-0.39, 0.29) is 11.9 Å². The van der Waals surface area contributed by atoms with E-state index < -0.39 is 0 Å². The predicted molar refractivity (Wildman–Crippen MR) is 48.6 cm³/mol. The van der Waals surface area contributed by atoms with Crippen LogP contribution in [0.2, 0.25) is 0 Å². The number of hydrogen-bond acceptors (Lipinski definition) is 2. The molecule has 0 aromatic heterocycles. The van der Waals surface area contributed by atoms with E-state index in [1.165, 1.54) is 6.42 Å². The SMILES string of the molecule is CC1CC(C)N(C(C)C(N)=O)C1. The van der Waals surface area contributed by atoms with Crippen LogP contribution in [0.15, 0.2) is 0 Å². The molecule has 70 valence electrons. The molecule has 0 bridgehead atoms. The highest BCUT2D eigenvalue weighted by Gasteiger charge is 2.31. The zero-order valence-electron chi connectivity index (χ0n) is 8.08. The summed E-state index contributed by atoms with van der Waals surface area (Å²) in [4.78, 5) is 13.1. The fourth-order valence-electron chi connectivity index (χ4n) is 2.04. The summed E-state index contributed by atoms with van der Waals surface area (Å²) in [6.07, 6.45) is 1.18. The first-order chi connectivity index (χ1) is 5.52. The topological polar surface area (TPSA) is 46.3 Å². The van der Waals surface area contributed by atoms with Crippen LogP contribution in [-0.2, 0) is 4.79 Å². The Morgan fingerprint density at radius 3 is 2.50 bits per heavy atom. The predicted octanol–water partition coefficient (Wildman–Crippen LogP) is 0.591. The molecular formula is C9H18N2O. The first-order valence-corrected chi connectivity index (χ1v) is 4.57. The van der Waals surface area contributed by atoms with E-state index in [1.54, 1.807) is 0 Å². The number of rotatable bonds is 2. The van der Waals surface area contributed by atoms with Gasteiger partial charge in [0.15, 0.2) is 0 Å². The largest absolute Gasteiger partial charge is 0.368 e. The van der Waals surface area contributed by atoms with Crippen LogP contribution in [0.25, 0.3) is 0 Å². The molecule has 3 atom stereocenters. The summed E-state index contributed by atoms with van der Waals surface area (Å²) in [6.45, 7) is 7.26. The first kappa shape index (κ1) is 9.52.